The van der Waals surface area contributed by atoms with Gasteiger partial charge in [0.25, 0.3) is 0 Å². The van der Waals surface area contributed by atoms with Crippen molar-refractivity contribution in [2.24, 2.45) is 0 Å². The average Bonchev–Trinajstić information content (AvgIpc) is 3.40. The van der Waals surface area contributed by atoms with Crippen molar-refractivity contribution >= 4 is 22.3 Å². The number of hydrogen-bond donors (Lipinski definition) is 3. The van der Waals surface area contributed by atoms with Gasteiger partial charge >= 0.3 is 0 Å². The highest BCUT2D eigenvalue weighted by Crippen LogP contribution is 2.38. The molecule has 2 aromatic carbocycles. The number of aromatic nitrogens is 4. The summed E-state index contributed by atoms with van der Waals surface area (Å²) in [4.78, 5) is 17.1. The third kappa shape index (κ3) is 4.58. The van der Waals surface area contributed by atoms with Crippen LogP contribution in [0.4, 0.5) is 15.9 Å². The number of nitrogen functional groups attached to an aromatic ring is 2. The highest BCUT2D eigenvalue weighted by molar-refractivity contribution is 5.93. The van der Waals surface area contributed by atoms with Crippen molar-refractivity contribution in [2.45, 2.75) is 26.2 Å². The van der Waals surface area contributed by atoms with E-state index in [1.54, 1.807) is 37.7 Å². The summed E-state index contributed by atoms with van der Waals surface area (Å²) < 4.78 is 27.1. The molecule has 3 aromatic heterocycles. The van der Waals surface area contributed by atoms with E-state index in [2.05, 4.69) is 9.97 Å². The first-order chi connectivity index (χ1) is 18.4. The summed E-state index contributed by atoms with van der Waals surface area (Å²) in [6.07, 6.45) is 4.09. The Labute approximate surface area is 219 Å². The van der Waals surface area contributed by atoms with Gasteiger partial charge in [-0.2, -0.15) is 0 Å². The van der Waals surface area contributed by atoms with Gasteiger partial charge in [0.05, 0.1) is 36.6 Å². The lowest BCUT2D eigenvalue weighted by Gasteiger charge is -2.20. The molecular weight excluding hydrogens is 483 g/mol. The van der Waals surface area contributed by atoms with E-state index in [0.29, 0.717) is 58.8 Å². The summed E-state index contributed by atoms with van der Waals surface area (Å²) in [5.74, 6) is 0.231. The standard InChI is InChI=1S/C29H29FN6O2/c1-4-16-11-21(26(30)24(12-16)38-5-2)25(22-14-17-13-18(31)8-9-19(17)27(32)35-22)28-34-15-23(36-28)20-7-6-10-33-29(20)37-3/h6-15,25H,4-5,31H2,1-3H3,(H2,32,35)(H,34,36). The summed E-state index contributed by atoms with van der Waals surface area (Å²) in [6.45, 7) is 4.17. The molecular formula is C29H29FN6O2. The van der Waals surface area contributed by atoms with Gasteiger partial charge in [0, 0.05) is 29.0 Å². The predicted octanol–water partition coefficient (Wildman–Crippen LogP) is 5.47. The summed E-state index contributed by atoms with van der Waals surface area (Å²) in [6, 6.07) is 14.5. The first kappa shape index (κ1) is 25.0. The largest absolute Gasteiger partial charge is 0.491 e. The van der Waals surface area contributed by atoms with Gasteiger partial charge in [-0.25, -0.2) is 19.3 Å². The van der Waals surface area contributed by atoms with Gasteiger partial charge in [0.1, 0.15) is 11.6 Å². The molecule has 0 radical (unpaired) electrons. The Morgan fingerprint density at radius 1 is 1.05 bits per heavy atom. The summed E-state index contributed by atoms with van der Waals surface area (Å²) in [7, 11) is 1.55. The molecule has 0 saturated heterocycles. The van der Waals surface area contributed by atoms with Crippen molar-refractivity contribution < 1.29 is 13.9 Å². The van der Waals surface area contributed by atoms with Crippen LogP contribution in [0.15, 0.2) is 60.9 Å². The van der Waals surface area contributed by atoms with Crippen LogP contribution in [0.1, 0.15) is 42.4 Å². The van der Waals surface area contributed by atoms with Crippen molar-refractivity contribution in [3.05, 3.63) is 89.4 Å². The number of methoxy groups -OCH3 is 1. The maximum Gasteiger partial charge on any atom is 0.222 e. The maximum absolute atomic E-state index is 16.0. The first-order valence-electron chi connectivity index (χ1n) is 12.4. The monoisotopic (exact) mass is 512 g/mol. The number of fused-ring (bicyclic) bond motifs is 1. The number of hydrogen-bond acceptors (Lipinski definition) is 7. The molecule has 0 spiro atoms. The minimum absolute atomic E-state index is 0.186. The molecule has 0 aliphatic carbocycles. The zero-order chi connectivity index (χ0) is 26.8. The minimum atomic E-state index is -0.717. The van der Waals surface area contributed by atoms with Crippen molar-refractivity contribution in [3.8, 4) is 22.9 Å². The van der Waals surface area contributed by atoms with E-state index in [-0.39, 0.29) is 5.75 Å². The van der Waals surface area contributed by atoms with Crippen LogP contribution in [-0.2, 0) is 6.42 Å². The number of imidazole rings is 1. The van der Waals surface area contributed by atoms with Crippen LogP contribution in [0, 0.1) is 5.82 Å². The molecule has 3 heterocycles. The van der Waals surface area contributed by atoms with E-state index in [4.69, 9.17) is 30.9 Å². The molecule has 5 rings (SSSR count). The van der Waals surface area contributed by atoms with Gasteiger partial charge in [-0.05, 0) is 66.8 Å². The molecule has 1 unspecified atom stereocenters. The summed E-state index contributed by atoms with van der Waals surface area (Å²) in [5, 5.41) is 1.56. The smallest absolute Gasteiger partial charge is 0.222 e. The van der Waals surface area contributed by atoms with Gasteiger partial charge in [-0.15, -0.1) is 0 Å². The summed E-state index contributed by atoms with van der Waals surface area (Å²) in [5.41, 5.74) is 16.2. The highest BCUT2D eigenvalue weighted by Gasteiger charge is 2.28. The average molecular weight is 513 g/mol. The number of rotatable bonds is 8. The molecule has 0 aliphatic heterocycles. The van der Waals surface area contributed by atoms with Crippen LogP contribution in [0.5, 0.6) is 11.6 Å². The van der Waals surface area contributed by atoms with E-state index in [1.807, 2.05) is 44.2 Å². The van der Waals surface area contributed by atoms with Crippen LogP contribution in [0.25, 0.3) is 22.0 Å². The lowest BCUT2D eigenvalue weighted by molar-refractivity contribution is 0.319. The molecule has 0 aliphatic rings. The second-order valence-corrected chi connectivity index (χ2v) is 8.86. The highest BCUT2D eigenvalue weighted by atomic mass is 19.1. The normalized spacial score (nSPS) is 12.0. The Hall–Kier alpha value is -4.66. The number of benzene rings is 2. The molecule has 9 heteroatoms. The number of nitrogens with two attached hydrogens (primary N) is 2. The quantitative estimate of drug-likeness (QED) is 0.235. The molecule has 38 heavy (non-hydrogen) atoms. The molecule has 1 atom stereocenters. The Balaban J connectivity index is 1.75. The fourth-order valence-electron chi connectivity index (χ4n) is 4.64. The van der Waals surface area contributed by atoms with Crippen molar-refractivity contribution in [1.82, 2.24) is 19.9 Å². The molecule has 0 bridgehead atoms. The van der Waals surface area contributed by atoms with E-state index in [1.165, 1.54) is 0 Å². The van der Waals surface area contributed by atoms with Gasteiger partial charge in [0.15, 0.2) is 11.6 Å². The minimum Gasteiger partial charge on any atom is -0.491 e. The Morgan fingerprint density at radius 3 is 2.66 bits per heavy atom. The lowest BCUT2D eigenvalue weighted by Crippen LogP contribution is -2.12. The number of halogens is 1. The van der Waals surface area contributed by atoms with Gasteiger partial charge in [-0.1, -0.05) is 13.0 Å². The first-order valence-corrected chi connectivity index (χ1v) is 12.4. The number of aromatic amines is 1. The lowest BCUT2D eigenvalue weighted by atomic mass is 9.90. The molecule has 5 aromatic rings. The van der Waals surface area contributed by atoms with Gasteiger partial charge < -0.3 is 25.9 Å². The van der Waals surface area contributed by atoms with Crippen LogP contribution < -0.4 is 20.9 Å². The van der Waals surface area contributed by atoms with Gasteiger partial charge in [0.2, 0.25) is 5.88 Å². The molecule has 0 fully saturated rings. The van der Waals surface area contributed by atoms with E-state index >= 15 is 4.39 Å². The number of nitrogens with one attached hydrogen (secondary N) is 1. The van der Waals surface area contributed by atoms with Crippen molar-refractivity contribution in [2.75, 3.05) is 25.2 Å². The number of anilines is 2. The second-order valence-electron chi connectivity index (χ2n) is 8.86. The molecule has 5 N–H and O–H groups in total. The third-order valence-corrected chi connectivity index (χ3v) is 6.46. The van der Waals surface area contributed by atoms with E-state index in [0.717, 1.165) is 16.3 Å². The SMILES string of the molecule is CCOc1cc(CC)cc(C(c2cc3cc(N)ccc3c(N)n2)c2nc(-c3cccnc3OC)c[nH]2)c1F. The van der Waals surface area contributed by atoms with E-state index in [9.17, 15) is 0 Å². The van der Waals surface area contributed by atoms with Crippen LogP contribution in [-0.4, -0.2) is 33.7 Å². The third-order valence-electron chi connectivity index (χ3n) is 6.46. The topological polar surface area (TPSA) is 125 Å². The van der Waals surface area contributed by atoms with Crippen LogP contribution in [0.2, 0.25) is 0 Å². The maximum atomic E-state index is 16.0. The molecule has 0 amide bonds. The Morgan fingerprint density at radius 2 is 1.89 bits per heavy atom. The van der Waals surface area contributed by atoms with Crippen molar-refractivity contribution in [3.63, 3.8) is 0 Å². The molecule has 194 valence electrons. The fourth-order valence-corrected chi connectivity index (χ4v) is 4.64. The number of H-pyrrole nitrogens is 1. The number of nitrogens with zero attached hydrogens (tertiary/aromatic N) is 3. The van der Waals surface area contributed by atoms with E-state index < -0.39 is 11.7 Å². The van der Waals surface area contributed by atoms with Crippen LogP contribution >= 0.6 is 0 Å². The summed E-state index contributed by atoms with van der Waals surface area (Å²) >= 11 is 0. The Kier molecular flexibility index (Phi) is 6.83. The van der Waals surface area contributed by atoms with Gasteiger partial charge in [-0.3, -0.25) is 0 Å². The Bertz CT molecular complexity index is 1620. The molecule has 8 nitrogen and oxygen atoms in total. The number of aryl methyl sites for hydroxylation is 1. The second kappa shape index (κ2) is 10.4. The molecule has 0 saturated carbocycles. The van der Waals surface area contributed by atoms with Crippen LogP contribution in [0.3, 0.4) is 0 Å². The fraction of sp³-hybridized carbons (Fsp3) is 0.207. The predicted molar refractivity (Wildman–Crippen MR) is 147 cm³/mol. The number of ether oxygens (including phenoxy) is 2. The zero-order valence-corrected chi connectivity index (χ0v) is 21.5. The van der Waals surface area contributed by atoms with Crippen molar-refractivity contribution in [1.29, 1.82) is 0 Å². The zero-order valence-electron chi connectivity index (χ0n) is 21.5. The number of pyridine rings is 2.